The van der Waals surface area contributed by atoms with Crippen molar-refractivity contribution in [2.75, 3.05) is 31.9 Å². The van der Waals surface area contributed by atoms with E-state index >= 15 is 0 Å². The molecule has 2 unspecified atom stereocenters. The summed E-state index contributed by atoms with van der Waals surface area (Å²) in [6.45, 7) is 9.67. The molecule has 0 aliphatic heterocycles. The number of hydrazine groups is 1. The number of benzene rings is 2. The minimum Gasteiger partial charge on any atom is -0.390 e. The van der Waals surface area contributed by atoms with Gasteiger partial charge in [0.15, 0.2) is 0 Å². The number of amides is 2. The van der Waals surface area contributed by atoms with Gasteiger partial charge in [-0.1, -0.05) is 34.6 Å². The van der Waals surface area contributed by atoms with E-state index in [9.17, 15) is 40.3 Å². The minimum absolute atomic E-state index is 0.0817. The fourth-order valence-electron chi connectivity index (χ4n) is 5.04. The molecule has 0 radical (unpaired) electrons. The summed E-state index contributed by atoms with van der Waals surface area (Å²) in [5, 5.41) is 20.6. The van der Waals surface area contributed by atoms with Crippen LogP contribution in [0.1, 0.15) is 80.2 Å². The number of carbonyl (C=O) groups excluding carboxylic acids is 2. The van der Waals surface area contributed by atoms with Crippen molar-refractivity contribution < 1.29 is 40.3 Å². The van der Waals surface area contributed by atoms with Gasteiger partial charge in [0.25, 0.3) is 11.8 Å². The lowest BCUT2D eigenvalue weighted by molar-refractivity contribution is 0.0618. The first-order valence-electron chi connectivity index (χ1n) is 15.5. The number of primary sulfonamides is 1. The van der Waals surface area contributed by atoms with Crippen molar-refractivity contribution in [3.63, 3.8) is 0 Å². The fraction of sp³-hybridized carbons (Fsp3) is 0.548. The quantitative estimate of drug-likeness (QED) is 0.161. The highest BCUT2D eigenvalue weighted by Crippen LogP contribution is 2.19. The largest absolute Gasteiger partial charge is 0.390 e. The van der Waals surface area contributed by atoms with Crippen LogP contribution in [0.15, 0.2) is 41.3 Å². The van der Waals surface area contributed by atoms with Gasteiger partial charge in [0, 0.05) is 43.4 Å². The molecular weight excluding hydrogens is 656 g/mol. The Morgan fingerprint density at radius 1 is 0.872 bits per heavy atom. The van der Waals surface area contributed by atoms with E-state index in [1.54, 1.807) is 20.8 Å². The Labute approximate surface area is 276 Å². The molecule has 2 aromatic rings. The number of carbonyl (C=O) groups is 2. The Morgan fingerprint density at radius 2 is 1.43 bits per heavy atom. The van der Waals surface area contributed by atoms with Crippen molar-refractivity contribution >= 4 is 31.9 Å². The summed E-state index contributed by atoms with van der Waals surface area (Å²) in [6, 6.07) is 4.74. The third-order valence-electron chi connectivity index (χ3n) is 6.90. The van der Waals surface area contributed by atoms with E-state index in [1.165, 1.54) is 16.0 Å². The molecule has 5 N–H and O–H groups in total. The van der Waals surface area contributed by atoms with Crippen molar-refractivity contribution in [2.45, 2.75) is 77.3 Å². The van der Waals surface area contributed by atoms with Crippen LogP contribution in [0.5, 0.6) is 0 Å². The van der Waals surface area contributed by atoms with Crippen molar-refractivity contribution in [3.8, 4) is 0 Å². The highest BCUT2D eigenvalue weighted by atomic mass is 32.2. The maximum Gasteiger partial charge on any atom is 0.253 e. The van der Waals surface area contributed by atoms with Crippen molar-refractivity contribution in [3.05, 3.63) is 64.7 Å². The van der Waals surface area contributed by atoms with Gasteiger partial charge < -0.3 is 15.3 Å². The molecule has 0 aliphatic rings. The maximum absolute atomic E-state index is 14.1. The summed E-state index contributed by atoms with van der Waals surface area (Å²) >= 11 is 0. The van der Waals surface area contributed by atoms with E-state index in [-0.39, 0.29) is 47.9 Å². The van der Waals surface area contributed by atoms with Crippen LogP contribution >= 0.6 is 0 Å². The number of sulfonamides is 2. The van der Waals surface area contributed by atoms with Crippen LogP contribution in [0.3, 0.4) is 0 Å². The molecule has 0 saturated carbocycles. The molecule has 0 aliphatic carbocycles. The van der Waals surface area contributed by atoms with Crippen LogP contribution in [-0.4, -0.2) is 87.7 Å². The number of rotatable bonds is 19. The maximum atomic E-state index is 14.1. The van der Waals surface area contributed by atoms with E-state index in [1.807, 2.05) is 13.8 Å². The van der Waals surface area contributed by atoms with Crippen molar-refractivity contribution in [1.29, 1.82) is 0 Å². The van der Waals surface area contributed by atoms with E-state index in [0.29, 0.717) is 38.4 Å². The molecule has 16 heteroatoms. The summed E-state index contributed by atoms with van der Waals surface area (Å²) in [7, 11) is -8.16. The van der Waals surface area contributed by atoms with Gasteiger partial charge >= 0.3 is 0 Å². The van der Waals surface area contributed by atoms with Crippen LogP contribution in [-0.2, 0) is 26.5 Å². The predicted octanol–water partition coefficient (Wildman–Crippen LogP) is 2.78. The van der Waals surface area contributed by atoms with Crippen LogP contribution in [0.4, 0.5) is 8.78 Å². The van der Waals surface area contributed by atoms with Crippen LogP contribution in [0.25, 0.3) is 0 Å². The first kappa shape index (κ1) is 40.2. The zero-order chi connectivity index (χ0) is 35.5. The molecule has 2 amide bonds. The molecule has 0 aromatic heterocycles. The number of aliphatic hydroxyl groups excluding tert-OH is 1. The summed E-state index contributed by atoms with van der Waals surface area (Å²) in [5.74, 6) is -3.56. The molecule has 264 valence electrons. The number of nitrogens with one attached hydrogen (secondary N) is 2. The highest BCUT2D eigenvalue weighted by Gasteiger charge is 2.28. The van der Waals surface area contributed by atoms with Gasteiger partial charge in [-0.15, -0.1) is 4.83 Å². The Morgan fingerprint density at radius 3 is 1.94 bits per heavy atom. The van der Waals surface area contributed by atoms with E-state index in [2.05, 4.69) is 10.1 Å². The fourth-order valence-corrected chi connectivity index (χ4v) is 7.14. The number of aliphatic hydroxyl groups is 1. The summed E-state index contributed by atoms with van der Waals surface area (Å²) in [6.07, 6.45) is -0.0197. The number of hydrogen-bond acceptors (Lipinski definition) is 8. The minimum atomic E-state index is -4.37. The predicted molar refractivity (Wildman–Crippen MR) is 175 cm³/mol. The second kappa shape index (κ2) is 17.9. The number of halogens is 2. The van der Waals surface area contributed by atoms with Gasteiger partial charge in [-0.2, -0.15) is 0 Å². The molecule has 0 spiro atoms. The van der Waals surface area contributed by atoms with E-state index < -0.39 is 60.5 Å². The Hall–Kier alpha value is -3.02. The summed E-state index contributed by atoms with van der Waals surface area (Å²) in [4.78, 5) is 30.5. The van der Waals surface area contributed by atoms with E-state index in [0.717, 1.165) is 24.3 Å². The molecule has 47 heavy (non-hydrogen) atoms. The van der Waals surface area contributed by atoms with Gasteiger partial charge in [-0.3, -0.25) is 9.59 Å². The standard InChI is InChI=1S/C31H47F2N5O7S2/c1-6-9-37(10-7-2)31(41)24-15-23(16-27(17-24)47(34,44)45)30(40)35-28(14-22-12-25(32)18-26(33)13-22)29(39)19-38(11-8-3)36-46(42,43)20-21(4)5/h12-13,15-18,21,28-29,36,39H,6-11,14,19-20H2,1-5H3,(H,35,40)(H2,34,44,45). The van der Waals surface area contributed by atoms with Gasteiger partial charge in [0.05, 0.1) is 22.8 Å². The van der Waals surface area contributed by atoms with Crippen LogP contribution in [0, 0.1) is 17.6 Å². The van der Waals surface area contributed by atoms with Crippen molar-refractivity contribution in [2.24, 2.45) is 11.1 Å². The number of nitrogens with two attached hydrogens (primary N) is 1. The Bertz CT molecular complexity index is 1560. The average Bonchev–Trinajstić information content (AvgIpc) is 2.94. The normalized spacial score (nSPS) is 13.5. The molecule has 0 saturated heterocycles. The lowest BCUT2D eigenvalue weighted by Gasteiger charge is -2.30. The molecule has 0 bridgehead atoms. The lowest BCUT2D eigenvalue weighted by atomic mass is 9.99. The van der Waals surface area contributed by atoms with Gasteiger partial charge in [-0.05, 0) is 67.5 Å². The molecule has 12 nitrogen and oxygen atoms in total. The average molecular weight is 704 g/mol. The molecule has 2 aromatic carbocycles. The molecule has 2 atom stereocenters. The highest BCUT2D eigenvalue weighted by molar-refractivity contribution is 7.89. The molecule has 0 fully saturated rings. The smallest absolute Gasteiger partial charge is 0.253 e. The third kappa shape index (κ3) is 13.2. The summed E-state index contributed by atoms with van der Waals surface area (Å²) in [5.41, 5.74) is -0.279. The van der Waals surface area contributed by atoms with Gasteiger partial charge in [0.2, 0.25) is 20.0 Å². The zero-order valence-corrected chi connectivity index (χ0v) is 29.1. The lowest BCUT2D eigenvalue weighted by Crippen LogP contribution is -2.53. The second-order valence-electron chi connectivity index (χ2n) is 11.9. The summed E-state index contributed by atoms with van der Waals surface area (Å²) < 4.78 is 78.2. The third-order valence-corrected chi connectivity index (χ3v) is 9.43. The monoisotopic (exact) mass is 703 g/mol. The molecule has 2 rings (SSSR count). The first-order chi connectivity index (χ1) is 21.9. The van der Waals surface area contributed by atoms with Gasteiger partial charge in [0.1, 0.15) is 11.6 Å². The zero-order valence-electron chi connectivity index (χ0n) is 27.5. The first-order valence-corrected chi connectivity index (χ1v) is 18.7. The number of hydrogen-bond donors (Lipinski definition) is 4. The second-order valence-corrected chi connectivity index (χ2v) is 15.2. The Kier molecular flexibility index (Phi) is 15.3. The van der Waals surface area contributed by atoms with Crippen molar-refractivity contribution in [1.82, 2.24) is 20.1 Å². The van der Waals surface area contributed by atoms with E-state index in [4.69, 9.17) is 5.14 Å². The topological polar surface area (TPSA) is 179 Å². The number of nitrogens with zero attached hydrogens (tertiary/aromatic N) is 2. The van der Waals surface area contributed by atoms with Gasteiger partial charge in [-0.25, -0.2) is 35.8 Å². The Balaban J connectivity index is 2.53. The van der Waals surface area contributed by atoms with Crippen LogP contribution < -0.4 is 15.3 Å². The van der Waals surface area contributed by atoms with Crippen LogP contribution in [0.2, 0.25) is 0 Å². The SMILES string of the molecule is CCCN(CC(O)C(Cc1cc(F)cc(F)c1)NC(=O)c1cc(C(=O)N(CCC)CCC)cc(S(N)(=O)=O)c1)NS(=O)(=O)CC(C)C. The molecular formula is C31H47F2N5O7S2. The molecule has 0 heterocycles.